The molecule has 1 atom stereocenters. The summed E-state index contributed by atoms with van der Waals surface area (Å²) in [6.45, 7) is 13.7. The summed E-state index contributed by atoms with van der Waals surface area (Å²) in [5.41, 5.74) is 5.82. The number of nitrogens with one attached hydrogen (secondary N) is 1. The Balaban J connectivity index is 2.06. The lowest BCUT2D eigenvalue weighted by molar-refractivity contribution is 0.237. The Hall–Kier alpha value is -0.860. The van der Waals surface area contributed by atoms with Gasteiger partial charge in [0.1, 0.15) is 0 Å². The number of unbranched alkanes of at least 4 members (excludes halogenated alkanes) is 1. The topological polar surface area (TPSA) is 15.3 Å². The first kappa shape index (κ1) is 16.5. The van der Waals surface area contributed by atoms with Gasteiger partial charge in [-0.3, -0.25) is 4.90 Å². The highest BCUT2D eigenvalue weighted by atomic mass is 15.2. The second kappa shape index (κ2) is 7.95. The maximum absolute atomic E-state index is 3.65. The van der Waals surface area contributed by atoms with E-state index in [9.17, 15) is 0 Å². The summed E-state index contributed by atoms with van der Waals surface area (Å²) in [7, 11) is 0. The monoisotopic (exact) mass is 288 g/mol. The Morgan fingerprint density at radius 2 is 1.90 bits per heavy atom. The van der Waals surface area contributed by atoms with Crippen LogP contribution < -0.4 is 5.32 Å². The molecule has 0 amide bonds. The van der Waals surface area contributed by atoms with Crippen molar-refractivity contribution in [1.82, 2.24) is 10.2 Å². The van der Waals surface area contributed by atoms with E-state index in [-0.39, 0.29) is 0 Å². The molecular formula is C19H32N2. The van der Waals surface area contributed by atoms with Crippen molar-refractivity contribution in [1.29, 1.82) is 0 Å². The fourth-order valence-electron chi connectivity index (χ4n) is 3.52. The summed E-state index contributed by atoms with van der Waals surface area (Å²) in [6.07, 6.45) is 5.26. The second-order valence-electron chi connectivity index (χ2n) is 6.76. The molecule has 1 aliphatic heterocycles. The van der Waals surface area contributed by atoms with E-state index in [1.54, 1.807) is 0 Å². The molecule has 0 aliphatic carbocycles. The molecule has 2 rings (SSSR count). The molecular weight excluding hydrogens is 256 g/mol. The molecule has 118 valence electrons. The highest BCUT2D eigenvalue weighted by Gasteiger charge is 2.18. The van der Waals surface area contributed by atoms with Crippen molar-refractivity contribution in [3.63, 3.8) is 0 Å². The van der Waals surface area contributed by atoms with E-state index < -0.39 is 0 Å². The lowest BCUT2D eigenvalue weighted by Crippen LogP contribution is -2.38. The highest BCUT2D eigenvalue weighted by molar-refractivity contribution is 5.37. The van der Waals surface area contributed by atoms with Crippen LogP contribution >= 0.6 is 0 Å². The first-order valence-electron chi connectivity index (χ1n) is 8.62. The van der Waals surface area contributed by atoms with Crippen LogP contribution in [0.15, 0.2) is 12.1 Å². The van der Waals surface area contributed by atoms with Crippen molar-refractivity contribution >= 4 is 0 Å². The van der Waals surface area contributed by atoms with Crippen LogP contribution in [0, 0.1) is 20.8 Å². The molecule has 1 aromatic carbocycles. The molecule has 1 heterocycles. The van der Waals surface area contributed by atoms with Gasteiger partial charge in [-0.2, -0.15) is 0 Å². The molecule has 0 spiro atoms. The molecule has 0 saturated carbocycles. The summed E-state index contributed by atoms with van der Waals surface area (Å²) in [5.74, 6) is 0. The van der Waals surface area contributed by atoms with E-state index in [4.69, 9.17) is 0 Å². The fourth-order valence-corrected chi connectivity index (χ4v) is 3.52. The minimum atomic E-state index is 0.702. The molecule has 1 N–H and O–H groups in total. The second-order valence-corrected chi connectivity index (χ2v) is 6.76. The number of hydrogen-bond acceptors (Lipinski definition) is 2. The van der Waals surface area contributed by atoms with Gasteiger partial charge in [-0.25, -0.2) is 0 Å². The van der Waals surface area contributed by atoms with Crippen molar-refractivity contribution in [2.45, 2.75) is 66.0 Å². The third-order valence-corrected chi connectivity index (χ3v) is 4.69. The molecule has 1 aromatic rings. The van der Waals surface area contributed by atoms with Crippen molar-refractivity contribution in [2.24, 2.45) is 0 Å². The quantitative estimate of drug-likeness (QED) is 0.817. The molecule has 0 bridgehead atoms. The van der Waals surface area contributed by atoms with Crippen LogP contribution in [-0.4, -0.2) is 30.6 Å². The van der Waals surface area contributed by atoms with Gasteiger partial charge < -0.3 is 5.32 Å². The lowest BCUT2D eigenvalue weighted by atomic mass is 9.99. The Morgan fingerprint density at radius 3 is 2.48 bits per heavy atom. The largest absolute Gasteiger partial charge is 0.313 e. The van der Waals surface area contributed by atoms with E-state index in [1.807, 2.05) is 0 Å². The van der Waals surface area contributed by atoms with Crippen molar-refractivity contribution < 1.29 is 0 Å². The van der Waals surface area contributed by atoms with Crippen molar-refractivity contribution in [3.05, 3.63) is 34.4 Å². The van der Waals surface area contributed by atoms with E-state index in [2.05, 4.69) is 50.0 Å². The molecule has 0 radical (unpaired) electrons. The minimum absolute atomic E-state index is 0.702. The van der Waals surface area contributed by atoms with E-state index in [1.165, 1.54) is 67.6 Å². The number of hydrogen-bond donors (Lipinski definition) is 1. The normalized spacial score (nSPS) is 18.6. The third kappa shape index (κ3) is 4.82. The predicted octanol–water partition coefficient (Wildman–Crippen LogP) is 3.97. The zero-order valence-corrected chi connectivity index (χ0v) is 14.3. The summed E-state index contributed by atoms with van der Waals surface area (Å²) < 4.78 is 0. The van der Waals surface area contributed by atoms with Crippen LogP contribution in [0.4, 0.5) is 0 Å². The van der Waals surface area contributed by atoms with Crippen LogP contribution in [0.3, 0.4) is 0 Å². The zero-order valence-electron chi connectivity index (χ0n) is 14.3. The maximum atomic E-state index is 3.65. The standard InChI is InChI=1S/C19H32N2/c1-5-6-10-21(13-18-8-7-9-20-18)14-19-16(3)11-15(2)12-17(19)4/h11-12,18,20H,5-10,13-14H2,1-4H3. The first-order chi connectivity index (χ1) is 10.1. The molecule has 0 aromatic heterocycles. The lowest BCUT2D eigenvalue weighted by Gasteiger charge is -2.27. The number of benzene rings is 1. The van der Waals surface area contributed by atoms with Crippen LogP contribution in [0.5, 0.6) is 0 Å². The van der Waals surface area contributed by atoms with Crippen LogP contribution in [-0.2, 0) is 6.54 Å². The number of rotatable bonds is 7. The SMILES string of the molecule is CCCCN(Cc1c(C)cc(C)cc1C)CC1CCCN1. The fraction of sp³-hybridized carbons (Fsp3) is 0.684. The molecule has 21 heavy (non-hydrogen) atoms. The Kier molecular flexibility index (Phi) is 6.25. The van der Waals surface area contributed by atoms with Crippen LogP contribution in [0.2, 0.25) is 0 Å². The summed E-state index contributed by atoms with van der Waals surface area (Å²) in [4.78, 5) is 2.66. The third-order valence-electron chi connectivity index (χ3n) is 4.69. The summed E-state index contributed by atoms with van der Waals surface area (Å²) >= 11 is 0. The maximum Gasteiger partial charge on any atom is 0.0239 e. The van der Waals surface area contributed by atoms with E-state index in [0.717, 1.165) is 6.54 Å². The molecule has 1 fully saturated rings. The number of aryl methyl sites for hydroxylation is 3. The average Bonchev–Trinajstić information content (AvgIpc) is 2.92. The minimum Gasteiger partial charge on any atom is -0.313 e. The zero-order chi connectivity index (χ0) is 15.2. The Morgan fingerprint density at radius 1 is 1.19 bits per heavy atom. The van der Waals surface area contributed by atoms with Crippen molar-refractivity contribution in [2.75, 3.05) is 19.6 Å². The smallest absolute Gasteiger partial charge is 0.0239 e. The predicted molar refractivity (Wildman–Crippen MR) is 91.9 cm³/mol. The first-order valence-corrected chi connectivity index (χ1v) is 8.62. The van der Waals surface area contributed by atoms with Gasteiger partial charge in [0.25, 0.3) is 0 Å². The average molecular weight is 288 g/mol. The van der Waals surface area contributed by atoms with E-state index in [0.29, 0.717) is 6.04 Å². The van der Waals surface area contributed by atoms with Crippen LogP contribution in [0.1, 0.15) is 54.9 Å². The summed E-state index contributed by atoms with van der Waals surface area (Å²) in [5, 5.41) is 3.65. The molecule has 1 aliphatic rings. The van der Waals surface area contributed by atoms with Gasteiger partial charge in [-0.1, -0.05) is 31.0 Å². The molecule has 2 nitrogen and oxygen atoms in total. The highest BCUT2D eigenvalue weighted by Crippen LogP contribution is 2.19. The van der Waals surface area contributed by atoms with E-state index >= 15 is 0 Å². The van der Waals surface area contributed by atoms with Gasteiger partial charge in [-0.15, -0.1) is 0 Å². The molecule has 2 heteroatoms. The van der Waals surface area contributed by atoms with Crippen LogP contribution in [0.25, 0.3) is 0 Å². The van der Waals surface area contributed by atoms with Gasteiger partial charge in [-0.05, 0) is 69.8 Å². The Labute approximate surface area is 130 Å². The van der Waals surface area contributed by atoms with Crippen molar-refractivity contribution in [3.8, 4) is 0 Å². The molecule has 1 unspecified atom stereocenters. The van der Waals surface area contributed by atoms with Gasteiger partial charge in [0.05, 0.1) is 0 Å². The molecule has 1 saturated heterocycles. The number of nitrogens with zero attached hydrogens (tertiary/aromatic N) is 1. The van der Waals surface area contributed by atoms with Gasteiger partial charge in [0.15, 0.2) is 0 Å². The van der Waals surface area contributed by atoms with Gasteiger partial charge in [0, 0.05) is 19.1 Å². The van der Waals surface area contributed by atoms with Gasteiger partial charge >= 0.3 is 0 Å². The Bertz CT molecular complexity index is 424. The van der Waals surface area contributed by atoms with Gasteiger partial charge in [0.2, 0.25) is 0 Å². The summed E-state index contributed by atoms with van der Waals surface area (Å²) in [6, 6.07) is 5.36.